The van der Waals surface area contributed by atoms with E-state index in [4.69, 9.17) is 25.8 Å². The Hall–Kier alpha value is -2.63. The van der Waals surface area contributed by atoms with E-state index in [-0.39, 0.29) is 6.04 Å². The van der Waals surface area contributed by atoms with Crippen LogP contribution in [-0.2, 0) is 6.61 Å². The van der Waals surface area contributed by atoms with Crippen molar-refractivity contribution in [1.82, 2.24) is 0 Å². The predicted octanol–water partition coefficient (Wildman–Crippen LogP) is 7.83. The molecule has 6 heteroatoms. The maximum Gasteiger partial charge on any atom is 0.175 e. The van der Waals surface area contributed by atoms with Gasteiger partial charge in [0, 0.05) is 16.5 Å². The average Bonchev–Trinajstić information content (AvgIpc) is 3.33. The average molecular weight is 541 g/mol. The van der Waals surface area contributed by atoms with Gasteiger partial charge in [0.1, 0.15) is 12.4 Å². The van der Waals surface area contributed by atoms with Gasteiger partial charge in [0.25, 0.3) is 0 Å². The number of rotatable bonds is 6. The number of ether oxygens (including phenoxy) is 3. The second kappa shape index (κ2) is 9.55. The van der Waals surface area contributed by atoms with Crippen molar-refractivity contribution in [3.63, 3.8) is 0 Å². The summed E-state index contributed by atoms with van der Waals surface area (Å²) in [6.07, 6.45) is 5.66. The summed E-state index contributed by atoms with van der Waals surface area (Å²) < 4.78 is 18.5. The van der Waals surface area contributed by atoms with Crippen LogP contribution in [0.15, 0.2) is 65.2 Å². The normalized spacial score (nSPS) is 20.3. The van der Waals surface area contributed by atoms with Crippen LogP contribution in [0.25, 0.3) is 0 Å². The monoisotopic (exact) mass is 539 g/mol. The third-order valence-electron chi connectivity index (χ3n) is 6.86. The summed E-state index contributed by atoms with van der Waals surface area (Å²) in [5.41, 5.74) is 5.76. The summed E-state index contributed by atoms with van der Waals surface area (Å²) in [5.74, 6) is 2.97. The number of benzene rings is 3. The Morgan fingerprint density at radius 3 is 2.62 bits per heavy atom. The van der Waals surface area contributed by atoms with Crippen molar-refractivity contribution in [2.75, 3.05) is 19.5 Å². The van der Waals surface area contributed by atoms with E-state index in [1.165, 1.54) is 11.1 Å². The zero-order chi connectivity index (χ0) is 23.8. The van der Waals surface area contributed by atoms with Gasteiger partial charge in [0.15, 0.2) is 11.5 Å². The zero-order valence-corrected chi connectivity index (χ0v) is 21.7. The van der Waals surface area contributed by atoms with Gasteiger partial charge in [0.2, 0.25) is 0 Å². The van der Waals surface area contributed by atoms with E-state index in [0.717, 1.165) is 33.5 Å². The van der Waals surface area contributed by atoms with Crippen LogP contribution < -0.4 is 19.5 Å². The van der Waals surface area contributed by atoms with Crippen molar-refractivity contribution in [2.45, 2.75) is 31.9 Å². The molecule has 0 bridgehead atoms. The topological polar surface area (TPSA) is 39.7 Å². The van der Waals surface area contributed by atoms with E-state index < -0.39 is 0 Å². The van der Waals surface area contributed by atoms with Crippen molar-refractivity contribution in [3.8, 4) is 17.2 Å². The molecule has 0 saturated carbocycles. The van der Waals surface area contributed by atoms with Gasteiger partial charge in [-0.25, -0.2) is 0 Å². The minimum atomic E-state index is 0.103. The van der Waals surface area contributed by atoms with Crippen molar-refractivity contribution in [1.29, 1.82) is 0 Å². The van der Waals surface area contributed by atoms with E-state index in [9.17, 15) is 0 Å². The summed E-state index contributed by atoms with van der Waals surface area (Å²) in [6.45, 7) is 2.53. The van der Waals surface area contributed by atoms with Crippen LogP contribution in [-0.4, -0.2) is 14.2 Å². The maximum absolute atomic E-state index is 6.31. The fourth-order valence-electron chi connectivity index (χ4n) is 5.20. The molecular weight excluding hydrogens is 514 g/mol. The molecule has 0 radical (unpaired) electrons. The fourth-order valence-corrected chi connectivity index (χ4v) is 5.96. The quantitative estimate of drug-likeness (QED) is 0.323. The van der Waals surface area contributed by atoms with Gasteiger partial charge in [-0.3, -0.25) is 0 Å². The molecule has 0 saturated heterocycles. The van der Waals surface area contributed by atoms with Gasteiger partial charge in [-0.2, -0.15) is 0 Å². The first-order chi connectivity index (χ1) is 16.5. The molecule has 3 atom stereocenters. The lowest BCUT2D eigenvalue weighted by Crippen LogP contribution is -2.30. The molecule has 2 aliphatic rings. The molecule has 0 amide bonds. The second-order valence-electron chi connectivity index (χ2n) is 8.76. The summed E-state index contributed by atoms with van der Waals surface area (Å²) in [5, 5.41) is 4.49. The zero-order valence-electron chi connectivity index (χ0n) is 19.4. The van der Waals surface area contributed by atoms with Crippen molar-refractivity contribution in [3.05, 3.63) is 92.4 Å². The van der Waals surface area contributed by atoms with Crippen molar-refractivity contribution >= 4 is 33.2 Å². The molecule has 0 unspecified atom stereocenters. The van der Waals surface area contributed by atoms with E-state index in [0.29, 0.717) is 35.0 Å². The Kier molecular flexibility index (Phi) is 6.50. The molecular formula is C28H27BrClNO3. The Bertz CT molecular complexity index is 1260. The number of hydrogen-bond donors (Lipinski definition) is 1. The van der Waals surface area contributed by atoms with Crippen LogP contribution in [0, 0.1) is 12.8 Å². The summed E-state index contributed by atoms with van der Waals surface area (Å²) >= 11 is 10.0. The van der Waals surface area contributed by atoms with E-state index in [2.05, 4.69) is 58.5 Å². The number of hydrogen-bond acceptors (Lipinski definition) is 4. The minimum Gasteiger partial charge on any atom is -0.495 e. The first-order valence-electron chi connectivity index (χ1n) is 11.4. The number of methoxy groups -OCH3 is 2. The molecule has 34 heavy (non-hydrogen) atoms. The van der Waals surface area contributed by atoms with Gasteiger partial charge in [-0.1, -0.05) is 48.0 Å². The molecule has 1 aliphatic carbocycles. The number of anilines is 1. The highest BCUT2D eigenvalue weighted by Gasteiger charge is 2.40. The number of aryl methyl sites for hydroxylation is 1. The third-order valence-corrected chi connectivity index (χ3v) is 7.82. The highest BCUT2D eigenvalue weighted by Crippen LogP contribution is 2.54. The van der Waals surface area contributed by atoms with Gasteiger partial charge in [0.05, 0.1) is 30.4 Å². The Balaban J connectivity index is 1.50. The first-order valence-corrected chi connectivity index (χ1v) is 12.5. The molecule has 0 fully saturated rings. The van der Waals surface area contributed by atoms with E-state index in [1.807, 2.05) is 30.3 Å². The van der Waals surface area contributed by atoms with Crippen LogP contribution in [0.3, 0.4) is 0 Å². The standard InChI is InChI=1S/C28H27BrClNO3/c1-16-11-12-23(32-2)27-25(16)19-8-6-9-20(19)26(31-27)18-13-21(29)28(24(14-18)33-3)34-15-17-7-4-5-10-22(17)30/h4-8,10-14,19-20,26,31H,9,15H2,1-3H3/t19-,20+,26+/m1/s1. The number of allylic oxidation sites excluding steroid dienone is 2. The van der Waals surface area contributed by atoms with Crippen molar-refractivity contribution in [2.24, 2.45) is 5.92 Å². The van der Waals surface area contributed by atoms with Crippen LogP contribution >= 0.6 is 27.5 Å². The molecule has 1 N–H and O–H groups in total. The van der Waals surface area contributed by atoms with Crippen LogP contribution in [0.4, 0.5) is 5.69 Å². The Morgan fingerprint density at radius 2 is 1.85 bits per heavy atom. The molecule has 3 aromatic rings. The molecule has 5 rings (SSSR count). The van der Waals surface area contributed by atoms with E-state index >= 15 is 0 Å². The first kappa shape index (κ1) is 23.1. The van der Waals surface area contributed by atoms with Gasteiger partial charge >= 0.3 is 0 Å². The summed E-state index contributed by atoms with van der Waals surface area (Å²) in [7, 11) is 3.40. The fraction of sp³-hybridized carbons (Fsp3) is 0.286. The van der Waals surface area contributed by atoms with Crippen LogP contribution in [0.2, 0.25) is 5.02 Å². The lowest BCUT2D eigenvalue weighted by atomic mass is 9.75. The second-order valence-corrected chi connectivity index (χ2v) is 10.0. The molecule has 0 spiro atoms. The van der Waals surface area contributed by atoms with Gasteiger partial charge in [-0.15, -0.1) is 0 Å². The summed E-state index contributed by atoms with van der Waals surface area (Å²) in [6, 6.07) is 16.2. The Morgan fingerprint density at radius 1 is 1.06 bits per heavy atom. The van der Waals surface area contributed by atoms with Gasteiger partial charge in [-0.05, 0) is 76.1 Å². The van der Waals surface area contributed by atoms with Gasteiger partial charge < -0.3 is 19.5 Å². The number of halogens is 2. The minimum absolute atomic E-state index is 0.103. The lowest BCUT2D eigenvalue weighted by Gasteiger charge is -2.39. The molecule has 3 aromatic carbocycles. The van der Waals surface area contributed by atoms with E-state index in [1.54, 1.807) is 14.2 Å². The molecule has 1 heterocycles. The lowest BCUT2D eigenvalue weighted by molar-refractivity contribution is 0.282. The third kappa shape index (κ3) is 4.05. The molecule has 0 aromatic heterocycles. The number of nitrogens with one attached hydrogen (secondary N) is 1. The largest absolute Gasteiger partial charge is 0.495 e. The molecule has 1 aliphatic heterocycles. The highest BCUT2D eigenvalue weighted by molar-refractivity contribution is 9.10. The molecule has 176 valence electrons. The number of fused-ring (bicyclic) bond motifs is 3. The van der Waals surface area contributed by atoms with Crippen LogP contribution in [0.5, 0.6) is 17.2 Å². The Labute approximate surface area is 214 Å². The summed E-state index contributed by atoms with van der Waals surface area (Å²) in [4.78, 5) is 0. The smallest absolute Gasteiger partial charge is 0.175 e. The predicted molar refractivity (Wildman–Crippen MR) is 141 cm³/mol. The van der Waals surface area contributed by atoms with Crippen molar-refractivity contribution < 1.29 is 14.2 Å². The maximum atomic E-state index is 6.31. The van der Waals surface area contributed by atoms with Crippen LogP contribution in [0.1, 0.15) is 40.6 Å². The SMILES string of the molecule is COc1ccc(C)c2c1N[C@@H](c1cc(Br)c(OCc3ccccc3Cl)c(OC)c1)[C@H]1CC=C[C@@H]21. The molecule has 4 nitrogen and oxygen atoms in total. The highest BCUT2D eigenvalue weighted by atomic mass is 79.9.